The maximum absolute atomic E-state index is 12.7. The number of para-hydroxylation sites is 1. The van der Waals surface area contributed by atoms with Crippen molar-refractivity contribution < 1.29 is 14.5 Å². The van der Waals surface area contributed by atoms with Crippen molar-refractivity contribution in [3.8, 4) is 5.75 Å². The van der Waals surface area contributed by atoms with Gasteiger partial charge in [0.05, 0.1) is 28.2 Å². The average molecular weight is 355 g/mol. The number of rotatable bonds is 4. The number of carbonyl (C=O) groups excluding carboxylic acids is 1. The third kappa shape index (κ3) is 3.24. The van der Waals surface area contributed by atoms with Crippen molar-refractivity contribution >= 4 is 40.3 Å². The van der Waals surface area contributed by atoms with Gasteiger partial charge in [0, 0.05) is 6.07 Å². The van der Waals surface area contributed by atoms with Gasteiger partial charge in [-0.15, -0.1) is 0 Å². The highest BCUT2D eigenvalue weighted by Crippen LogP contribution is 2.36. The molecule has 0 atom stereocenters. The average Bonchev–Trinajstić information content (AvgIpc) is 2.89. The molecule has 0 spiro atoms. The highest BCUT2D eigenvalue weighted by atomic mass is 32.2. The Morgan fingerprint density at radius 2 is 1.88 bits per heavy atom. The summed E-state index contributed by atoms with van der Waals surface area (Å²) < 4.78 is 5.08. The molecule has 2 aromatic rings. The number of anilines is 1. The number of nitro groups is 1. The molecule has 1 aliphatic heterocycles. The fraction of sp³-hybridized carbons (Fsp3) is 0.0588. The minimum Gasteiger partial charge on any atom is -0.497 e. The number of hydrogen-bond donors (Lipinski definition) is 1. The summed E-state index contributed by atoms with van der Waals surface area (Å²) in [5.74, 6) is 0.253. The van der Waals surface area contributed by atoms with Crippen LogP contribution in [-0.4, -0.2) is 23.1 Å². The van der Waals surface area contributed by atoms with E-state index >= 15 is 0 Å². The van der Waals surface area contributed by atoms with E-state index < -0.39 is 10.8 Å². The van der Waals surface area contributed by atoms with Crippen molar-refractivity contribution in [1.29, 1.82) is 5.41 Å². The first-order valence-electron chi connectivity index (χ1n) is 7.21. The van der Waals surface area contributed by atoms with Gasteiger partial charge in [0.1, 0.15) is 5.75 Å². The van der Waals surface area contributed by atoms with Crippen molar-refractivity contribution in [3.63, 3.8) is 0 Å². The third-order valence-electron chi connectivity index (χ3n) is 3.57. The predicted molar refractivity (Wildman–Crippen MR) is 96.9 cm³/mol. The van der Waals surface area contributed by atoms with Gasteiger partial charge in [-0.05, 0) is 48.2 Å². The van der Waals surface area contributed by atoms with Crippen LogP contribution in [0, 0.1) is 15.5 Å². The van der Waals surface area contributed by atoms with Crippen LogP contribution in [0.5, 0.6) is 5.75 Å². The van der Waals surface area contributed by atoms with E-state index in [0.717, 1.165) is 11.8 Å². The quantitative estimate of drug-likeness (QED) is 0.513. The molecule has 8 heteroatoms. The summed E-state index contributed by atoms with van der Waals surface area (Å²) in [6.07, 6.45) is 1.45. The van der Waals surface area contributed by atoms with Crippen LogP contribution in [0.1, 0.15) is 5.56 Å². The van der Waals surface area contributed by atoms with E-state index in [4.69, 9.17) is 10.1 Å². The number of hydrogen-bond acceptors (Lipinski definition) is 6. The summed E-state index contributed by atoms with van der Waals surface area (Å²) in [5.41, 5.74) is 0.778. The molecule has 126 valence electrons. The number of methoxy groups -OCH3 is 1. The number of ether oxygens (including phenoxy) is 1. The van der Waals surface area contributed by atoms with Gasteiger partial charge in [-0.25, -0.2) is 0 Å². The third-order valence-corrected chi connectivity index (χ3v) is 4.46. The normalized spacial score (nSPS) is 15.7. The van der Waals surface area contributed by atoms with Crippen LogP contribution in [0.4, 0.5) is 11.4 Å². The first-order valence-corrected chi connectivity index (χ1v) is 8.03. The van der Waals surface area contributed by atoms with Crippen LogP contribution >= 0.6 is 11.8 Å². The van der Waals surface area contributed by atoms with Gasteiger partial charge in [-0.2, -0.15) is 0 Å². The molecule has 1 saturated heterocycles. The number of nitro benzene ring substituents is 1. The molecule has 1 aliphatic rings. The van der Waals surface area contributed by atoms with Crippen LogP contribution in [0.3, 0.4) is 0 Å². The molecule has 0 radical (unpaired) electrons. The number of amides is 1. The largest absolute Gasteiger partial charge is 0.497 e. The molecule has 0 bridgehead atoms. The van der Waals surface area contributed by atoms with E-state index in [1.54, 1.807) is 49.6 Å². The minimum absolute atomic E-state index is 0.0417. The monoisotopic (exact) mass is 355 g/mol. The molecule has 1 heterocycles. The van der Waals surface area contributed by atoms with E-state index in [0.29, 0.717) is 17.0 Å². The molecule has 7 nitrogen and oxygen atoms in total. The Morgan fingerprint density at radius 1 is 1.20 bits per heavy atom. The Morgan fingerprint density at radius 3 is 2.52 bits per heavy atom. The lowest BCUT2D eigenvalue weighted by molar-refractivity contribution is -0.385. The molecular formula is C17H13N3O4S. The van der Waals surface area contributed by atoms with Gasteiger partial charge in [0.15, 0.2) is 5.17 Å². The highest BCUT2D eigenvalue weighted by Gasteiger charge is 2.34. The molecular weight excluding hydrogens is 342 g/mol. The Kier molecular flexibility index (Phi) is 4.53. The lowest BCUT2D eigenvalue weighted by Crippen LogP contribution is -2.27. The summed E-state index contributed by atoms with van der Waals surface area (Å²) >= 11 is 0.969. The van der Waals surface area contributed by atoms with Crippen LogP contribution in [0.2, 0.25) is 0 Å². The number of carbonyl (C=O) groups is 1. The Balaban J connectivity index is 1.94. The lowest BCUT2D eigenvalue weighted by Gasteiger charge is -2.14. The summed E-state index contributed by atoms with van der Waals surface area (Å²) in [6.45, 7) is 0. The molecule has 1 fully saturated rings. The Hall–Kier alpha value is -3.13. The van der Waals surface area contributed by atoms with E-state index in [1.807, 2.05) is 0 Å². The fourth-order valence-electron chi connectivity index (χ4n) is 2.37. The minimum atomic E-state index is -0.497. The highest BCUT2D eigenvalue weighted by molar-refractivity contribution is 8.19. The van der Waals surface area contributed by atoms with Crippen LogP contribution in [-0.2, 0) is 4.79 Å². The zero-order valence-corrected chi connectivity index (χ0v) is 13.9. The Labute approximate surface area is 147 Å². The summed E-state index contributed by atoms with van der Waals surface area (Å²) in [4.78, 5) is 24.8. The molecule has 25 heavy (non-hydrogen) atoms. The second kappa shape index (κ2) is 6.78. The predicted octanol–water partition coefficient (Wildman–Crippen LogP) is 3.66. The second-order valence-electron chi connectivity index (χ2n) is 5.07. The number of benzene rings is 2. The number of thioether (sulfide) groups is 1. The van der Waals surface area contributed by atoms with Crippen molar-refractivity contribution in [1.82, 2.24) is 0 Å². The van der Waals surface area contributed by atoms with Gasteiger partial charge < -0.3 is 4.74 Å². The van der Waals surface area contributed by atoms with Crippen LogP contribution in [0.25, 0.3) is 6.08 Å². The Bertz CT molecular complexity index is 893. The molecule has 0 aromatic heterocycles. The maximum Gasteiger partial charge on any atom is 0.276 e. The van der Waals surface area contributed by atoms with Crippen molar-refractivity contribution in [2.24, 2.45) is 0 Å². The van der Waals surface area contributed by atoms with Gasteiger partial charge in [-0.1, -0.05) is 12.1 Å². The molecule has 0 saturated carbocycles. The van der Waals surface area contributed by atoms with Gasteiger partial charge >= 0.3 is 0 Å². The summed E-state index contributed by atoms with van der Waals surface area (Å²) in [5, 5.41) is 19.2. The SMILES string of the molecule is COc1ccc(N2C(=N)SC(=Cc3ccccc3[N+](=O)[O-])C2=O)cc1. The smallest absolute Gasteiger partial charge is 0.276 e. The van der Waals surface area contributed by atoms with Crippen LogP contribution in [0.15, 0.2) is 53.4 Å². The molecule has 3 rings (SSSR count). The number of nitrogens with one attached hydrogen (secondary N) is 1. The lowest BCUT2D eigenvalue weighted by atomic mass is 10.1. The van der Waals surface area contributed by atoms with E-state index in [9.17, 15) is 14.9 Å². The molecule has 0 aliphatic carbocycles. The maximum atomic E-state index is 12.7. The van der Waals surface area contributed by atoms with Gasteiger partial charge in [0.25, 0.3) is 11.6 Å². The molecule has 1 amide bonds. The molecule has 1 N–H and O–H groups in total. The van der Waals surface area contributed by atoms with E-state index in [-0.39, 0.29) is 15.8 Å². The number of amidine groups is 1. The van der Waals surface area contributed by atoms with Gasteiger partial charge in [-0.3, -0.25) is 25.2 Å². The van der Waals surface area contributed by atoms with Crippen molar-refractivity contribution in [2.45, 2.75) is 0 Å². The van der Waals surface area contributed by atoms with Gasteiger partial charge in [0.2, 0.25) is 0 Å². The second-order valence-corrected chi connectivity index (χ2v) is 6.10. The standard InChI is InChI=1S/C17H13N3O4S/c1-24-13-8-6-12(7-9-13)19-16(21)15(25-17(19)18)10-11-4-2-3-5-14(11)20(22)23/h2-10,18H,1H3. The summed E-state index contributed by atoms with van der Waals surface area (Å²) in [7, 11) is 1.54. The zero-order valence-electron chi connectivity index (χ0n) is 13.1. The fourth-order valence-corrected chi connectivity index (χ4v) is 3.22. The first kappa shape index (κ1) is 16.7. The van der Waals surface area contributed by atoms with Crippen LogP contribution < -0.4 is 9.64 Å². The van der Waals surface area contributed by atoms with Crippen molar-refractivity contribution in [2.75, 3.05) is 12.0 Å². The van der Waals surface area contributed by atoms with E-state index in [1.165, 1.54) is 17.0 Å². The topological polar surface area (TPSA) is 96.5 Å². The molecule has 2 aromatic carbocycles. The van der Waals surface area contributed by atoms with E-state index in [2.05, 4.69) is 0 Å². The van der Waals surface area contributed by atoms with Crippen molar-refractivity contribution in [3.05, 3.63) is 69.1 Å². The first-order chi connectivity index (χ1) is 12.0. The molecule has 0 unspecified atom stereocenters. The summed E-state index contributed by atoms with van der Waals surface area (Å²) in [6, 6.07) is 12.9. The zero-order chi connectivity index (χ0) is 18.0. The number of nitrogens with zero attached hydrogens (tertiary/aromatic N) is 2.